The SMILES string of the molecule is CC(=O)NCC1CN(S(=O)(=O)C2CCC(F)CC2)C2CC(NC(=O)C3C(F)CCCC3Cl)CCC2O1. The molecule has 8 nitrogen and oxygen atoms in total. The molecule has 7 atom stereocenters. The molecule has 4 aliphatic rings. The van der Waals surface area contributed by atoms with Crippen molar-refractivity contribution >= 4 is 33.4 Å². The van der Waals surface area contributed by atoms with Crippen molar-refractivity contribution in [2.75, 3.05) is 13.1 Å². The third kappa shape index (κ3) is 6.32. The van der Waals surface area contributed by atoms with Crippen LogP contribution in [-0.4, -0.2) is 84.9 Å². The minimum atomic E-state index is -3.76. The van der Waals surface area contributed by atoms with Crippen molar-refractivity contribution in [1.29, 1.82) is 0 Å². The van der Waals surface area contributed by atoms with Crippen molar-refractivity contribution in [3.05, 3.63) is 0 Å². The minimum absolute atomic E-state index is 0.0823. The summed E-state index contributed by atoms with van der Waals surface area (Å²) in [4.78, 5) is 24.4. The first-order valence-corrected chi connectivity index (χ1v) is 15.1. The Labute approximate surface area is 217 Å². The summed E-state index contributed by atoms with van der Waals surface area (Å²) in [6.07, 6.45) is 0.828. The van der Waals surface area contributed by atoms with E-state index in [1.54, 1.807) is 0 Å². The molecule has 36 heavy (non-hydrogen) atoms. The molecule has 1 saturated heterocycles. The van der Waals surface area contributed by atoms with E-state index in [0.29, 0.717) is 38.5 Å². The predicted molar refractivity (Wildman–Crippen MR) is 132 cm³/mol. The number of alkyl halides is 3. The number of nitrogens with one attached hydrogen (secondary N) is 2. The van der Waals surface area contributed by atoms with Crippen LogP contribution in [0, 0.1) is 5.92 Å². The Bertz CT molecular complexity index is 894. The fourth-order valence-corrected chi connectivity index (χ4v) is 8.88. The quantitative estimate of drug-likeness (QED) is 0.492. The van der Waals surface area contributed by atoms with Gasteiger partial charge in [-0.05, 0) is 64.2 Å². The van der Waals surface area contributed by atoms with Gasteiger partial charge in [0, 0.05) is 31.4 Å². The van der Waals surface area contributed by atoms with Gasteiger partial charge >= 0.3 is 0 Å². The summed E-state index contributed by atoms with van der Waals surface area (Å²) in [7, 11) is -3.76. The van der Waals surface area contributed by atoms with E-state index in [4.69, 9.17) is 16.3 Å². The zero-order valence-electron chi connectivity index (χ0n) is 20.7. The van der Waals surface area contributed by atoms with Crippen LogP contribution in [0.3, 0.4) is 0 Å². The Morgan fingerprint density at radius 2 is 1.78 bits per heavy atom. The molecule has 3 aliphatic carbocycles. The fraction of sp³-hybridized carbons (Fsp3) is 0.917. The van der Waals surface area contributed by atoms with Crippen molar-refractivity contribution in [2.24, 2.45) is 5.92 Å². The van der Waals surface area contributed by atoms with E-state index >= 15 is 0 Å². The Balaban J connectivity index is 1.49. The molecule has 0 spiro atoms. The Kier molecular flexibility index (Phi) is 9.16. The zero-order valence-corrected chi connectivity index (χ0v) is 22.3. The number of fused-ring (bicyclic) bond motifs is 1. The largest absolute Gasteiger partial charge is 0.370 e. The zero-order chi connectivity index (χ0) is 26.0. The van der Waals surface area contributed by atoms with Gasteiger partial charge in [-0.15, -0.1) is 11.6 Å². The van der Waals surface area contributed by atoms with Crippen LogP contribution in [0.2, 0.25) is 0 Å². The van der Waals surface area contributed by atoms with Crippen LogP contribution in [-0.2, 0) is 24.3 Å². The number of halogens is 3. The van der Waals surface area contributed by atoms with Crippen molar-refractivity contribution in [3.8, 4) is 0 Å². The summed E-state index contributed by atoms with van der Waals surface area (Å²) < 4.78 is 63.4. The second-order valence-electron chi connectivity index (χ2n) is 10.8. The molecule has 4 fully saturated rings. The summed E-state index contributed by atoms with van der Waals surface area (Å²) in [6.45, 7) is 1.67. The molecule has 1 aliphatic heterocycles. The first-order chi connectivity index (χ1) is 17.1. The highest BCUT2D eigenvalue weighted by atomic mass is 35.5. The van der Waals surface area contributed by atoms with Gasteiger partial charge in [0.05, 0.1) is 29.4 Å². The van der Waals surface area contributed by atoms with Gasteiger partial charge in [-0.3, -0.25) is 9.59 Å². The number of ether oxygens (including phenoxy) is 1. The van der Waals surface area contributed by atoms with Crippen LogP contribution >= 0.6 is 11.6 Å². The second kappa shape index (κ2) is 11.8. The average Bonchev–Trinajstić information content (AvgIpc) is 2.82. The molecule has 0 aromatic heterocycles. The van der Waals surface area contributed by atoms with E-state index in [1.807, 2.05) is 0 Å². The monoisotopic (exact) mass is 553 g/mol. The highest BCUT2D eigenvalue weighted by Gasteiger charge is 2.49. The van der Waals surface area contributed by atoms with E-state index < -0.39 is 57.0 Å². The van der Waals surface area contributed by atoms with Gasteiger partial charge in [-0.2, -0.15) is 4.31 Å². The summed E-state index contributed by atoms with van der Waals surface area (Å²) in [6, 6.07) is -0.823. The molecule has 4 rings (SSSR count). The van der Waals surface area contributed by atoms with E-state index in [1.165, 1.54) is 11.2 Å². The van der Waals surface area contributed by atoms with Crippen LogP contribution in [0.5, 0.6) is 0 Å². The van der Waals surface area contributed by atoms with Gasteiger partial charge in [0.25, 0.3) is 0 Å². The lowest BCUT2D eigenvalue weighted by atomic mass is 9.84. The maximum Gasteiger partial charge on any atom is 0.227 e. The standard InChI is InChI=1S/C24H38ClF2N3O5S/c1-14(31)28-12-17-13-30(36(33,34)18-8-5-15(26)6-9-18)21-11-16(7-10-22(21)35-17)29-24(32)23-19(25)3-2-4-20(23)27/h15-23H,2-13H2,1H3,(H,28,31)(H,29,32). The van der Waals surface area contributed by atoms with Crippen LogP contribution in [0.15, 0.2) is 0 Å². The van der Waals surface area contributed by atoms with Gasteiger partial charge in [0.1, 0.15) is 12.3 Å². The lowest BCUT2D eigenvalue weighted by Crippen LogP contribution is -2.63. The molecule has 2 N–H and O–H groups in total. The molecule has 12 heteroatoms. The number of rotatable bonds is 6. The summed E-state index contributed by atoms with van der Waals surface area (Å²) in [5.74, 6) is -1.55. The normalized spacial score (nSPS) is 40.2. The highest BCUT2D eigenvalue weighted by Crippen LogP contribution is 2.37. The van der Waals surface area contributed by atoms with Crippen LogP contribution < -0.4 is 10.6 Å². The number of hydrogen-bond acceptors (Lipinski definition) is 5. The van der Waals surface area contributed by atoms with Gasteiger partial charge in [0.2, 0.25) is 21.8 Å². The smallest absolute Gasteiger partial charge is 0.227 e. The van der Waals surface area contributed by atoms with Crippen molar-refractivity contribution in [1.82, 2.24) is 14.9 Å². The van der Waals surface area contributed by atoms with E-state index in [-0.39, 0.29) is 56.8 Å². The number of hydrogen-bond donors (Lipinski definition) is 2. The summed E-state index contributed by atoms with van der Waals surface area (Å²) >= 11 is 6.28. The van der Waals surface area contributed by atoms with E-state index in [9.17, 15) is 26.8 Å². The fourth-order valence-electron chi connectivity index (χ4n) is 6.23. The Morgan fingerprint density at radius 3 is 2.44 bits per heavy atom. The number of carbonyl (C=O) groups excluding carboxylic acids is 2. The first kappa shape index (κ1) is 28.0. The van der Waals surface area contributed by atoms with Gasteiger partial charge in [0.15, 0.2) is 0 Å². The van der Waals surface area contributed by atoms with Crippen LogP contribution in [0.25, 0.3) is 0 Å². The van der Waals surface area contributed by atoms with Crippen molar-refractivity contribution in [2.45, 2.75) is 118 Å². The number of carbonyl (C=O) groups is 2. The summed E-state index contributed by atoms with van der Waals surface area (Å²) in [5.41, 5.74) is 0. The van der Waals surface area contributed by atoms with Crippen LogP contribution in [0.4, 0.5) is 8.78 Å². The van der Waals surface area contributed by atoms with E-state index in [0.717, 1.165) is 0 Å². The molecule has 0 radical (unpaired) electrons. The molecule has 7 unspecified atom stereocenters. The summed E-state index contributed by atoms with van der Waals surface area (Å²) in [5, 5.41) is 4.44. The third-order valence-corrected chi connectivity index (χ3v) is 11.1. The molecule has 0 aromatic carbocycles. The number of amides is 2. The average molecular weight is 554 g/mol. The van der Waals surface area contributed by atoms with Gasteiger partial charge < -0.3 is 15.4 Å². The molecular formula is C24H38ClF2N3O5S. The molecule has 2 amide bonds. The van der Waals surface area contributed by atoms with Crippen molar-refractivity contribution < 1.29 is 31.5 Å². The minimum Gasteiger partial charge on any atom is -0.370 e. The van der Waals surface area contributed by atoms with Gasteiger partial charge in [-0.1, -0.05) is 0 Å². The molecule has 1 heterocycles. The maximum atomic E-state index is 14.5. The van der Waals surface area contributed by atoms with Gasteiger partial charge in [-0.25, -0.2) is 17.2 Å². The number of sulfonamides is 1. The lowest BCUT2D eigenvalue weighted by molar-refractivity contribution is -0.132. The predicted octanol–water partition coefficient (Wildman–Crippen LogP) is 2.59. The highest BCUT2D eigenvalue weighted by molar-refractivity contribution is 7.89. The number of morpholine rings is 1. The molecule has 0 bridgehead atoms. The number of nitrogens with zero attached hydrogens (tertiary/aromatic N) is 1. The Morgan fingerprint density at radius 1 is 1.06 bits per heavy atom. The molecule has 0 aromatic rings. The topological polar surface area (TPSA) is 105 Å². The van der Waals surface area contributed by atoms with E-state index in [2.05, 4.69) is 10.6 Å². The van der Waals surface area contributed by atoms with Crippen molar-refractivity contribution in [3.63, 3.8) is 0 Å². The second-order valence-corrected chi connectivity index (χ2v) is 13.5. The maximum absolute atomic E-state index is 14.5. The Hall–Kier alpha value is -1.04. The first-order valence-electron chi connectivity index (χ1n) is 13.2. The molecule has 3 saturated carbocycles. The van der Waals surface area contributed by atoms with Crippen LogP contribution in [0.1, 0.15) is 71.1 Å². The third-order valence-electron chi connectivity index (χ3n) is 8.19. The molecule has 206 valence electrons. The lowest BCUT2D eigenvalue weighted by Gasteiger charge is -2.49. The molecular weight excluding hydrogens is 516 g/mol.